The smallest absolute Gasteiger partial charge is 0.247 e. The molecule has 12 heteroatoms. The maximum absolute atomic E-state index is 14.6. The zero-order valence-corrected chi connectivity index (χ0v) is 25.9. The van der Waals surface area contributed by atoms with E-state index in [1.54, 1.807) is 0 Å². The van der Waals surface area contributed by atoms with E-state index >= 15 is 0 Å². The first-order valence-electron chi connectivity index (χ1n) is 14.6. The van der Waals surface area contributed by atoms with Crippen LogP contribution >= 0.6 is 23.2 Å². The van der Waals surface area contributed by atoms with E-state index in [4.69, 9.17) is 28.9 Å². The number of nitrogens with two attached hydrogens (primary N) is 1. The maximum atomic E-state index is 14.6. The lowest BCUT2D eigenvalue weighted by Crippen LogP contribution is -2.56. The summed E-state index contributed by atoms with van der Waals surface area (Å²) in [4.78, 5) is 56.7. The zero-order valence-electron chi connectivity index (χ0n) is 24.4. The van der Waals surface area contributed by atoms with Crippen LogP contribution in [0.25, 0.3) is 0 Å². The van der Waals surface area contributed by atoms with Crippen molar-refractivity contribution in [2.45, 2.75) is 77.0 Å². The normalized spacial score (nSPS) is 18.8. The first-order chi connectivity index (χ1) is 20.5. The highest BCUT2D eigenvalue weighted by Crippen LogP contribution is 2.30. The molecule has 3 atom stereocenters. The Morgan fingerprint density at radius 2 is 1.70 bits per heavy atom. The van der Waals surface area contributed by atoms with Crippen LogP contribution in [0.5, 0.6) is 0 Å². The Labute approximate surface area is 261 Å². The molecule has 232 valence electrons. The summed E-state index contributed by atoms with van der Waals surface area (Å²) in [6.45, 7) is 5.13. The highest BCUT2D eigenvalue weighted by molar-refractivity contribution is 6.42. The minimum atomic E-state index is -1.11. The lowest BCUT2D eigenvalue weighted by molar-refractivity contribution is -0.144. The Bertz CT molecular complexity index is 1370. The molecule has 2 aliphatic rings. The summed E-state index contributed by atoms with van der Waals surface area (Å²) in [6, 6.07) is 8.31. The first-order valence-corrected chi connectivity index (χ1v) is 15.4. The van der Waals surface area contributed by atoms with Crippen LogP contribution in [-0.4, -0.2) is 64.6 Å². The summed E-state index contributed by atoms with van der Waals surface area (Å²) in [5.41, 5.74) is 7.37. The molecule has 0 aromatic heterocycles. The van der Waals surface area contributed by atoms with Crippen molar-refractivity contribution in [2.75, 3.05) is 18.4 Å². The summed E-state index contributed by atoms with van der Waals surface area (Å²) in [5, 5.41) is 4.81. The van der Waals surface area contributed by atoms with Gasteiger partial charge in [-0.15, -0.1) is 0 Å². The standard InChI is InChI=1S/C31H38Cl2FN5O4/c1-18(2)24-8-5-15-38(24)26(40)11-12-27(41)39-17-20-7-4-3-6-19(20)16-25(39)31(43)37-23(13-14-35)30(42)36-22-10-9-21(32)28(33)29(22)34/h3-4,6-7,9-10,18,23-25H,5,8,11-17,35H2,1-2H3,(H,36,42)(H,37,43)/t23-,24?,25-/m0/s1. The van der Waals surface area contributed by atoms with Crippen molar-refractivity contribution in [3.05, 3.63) is 63.4 Å². The van der Waals surface area contributed by atoms with Crippen molar-refractivity contribution in [3.8, 4) is 0 Å². The van der Waals surface area contributed by atoms with E-state index < -0.39 is 29.7 Å². The number of hydrogen-bond donors (Lipinski definition) is 3. The lowest BCUT2D eigenvalue weighted by Gasteiger charge is -2.37. The predicted molar refractivity (Wildman–Crippen MR) is 164 cm³/mol. The summed E-state index contributed by atoms with van der Waals surface area (Å²) < 4.78 is 14.6. The molecule has 9 nitrogen and oxygen atoms in total. The number of likely N-dealkylation sites (tertiary alicyclic amines) is 1. The fourth-order valence-corrected chi connectivity index (χ4v) is 6.17. The van der Waals surface area contributed by atoms with Crippen LogP contribution in [0.4, 0.5) is 10.1 Å². The van der Waals surface area contributed by atoms with Gasteiger partial charge in [0, 0.05) is 38.4 Å². The highest BCUT2D eigenvalue weighted by Gasteiger charge is 2.37. The van der Waals surface area contributed by atoms with Gasteiger partial charge in [0.1, 0.15) is 12.1 Å². The molecule has 4 rings (SSSR count). The third kappa shape index (κ3) is 7.66. The molecule has 4 amide bonds. The fourth-order valence-electron chi connectivity index (χ4n) is 5.86. The number of hydrogen-bond acceptors (Lipinski definition) is 5. The van der Waals surface area contributed by atoms with Gasteiger partial charge in [0.05, 0.1) is 15.7 Å². The van der Waals surface area contributed by atoms with Crippen LogP contribution in [0.2, 0.25) is 10.0 Å². The number of carbonyl (C=O) groups is 4. The Kier molecular flexibility index (Phi) is 11.0. The molecule has 0 spiro atoms. The van der Waals surface area contributed by atoms with Gasteiger partial charge in [0.15, 0.2) is 5.82 Å². The number of anilines is 1. The molecule has 0 aliphatic carbocycles. The van der Waals surface area contributed by atoms with Crippen LogP contribution in [0, 0.1) is 11.7 Å². The summed E-state index contributed by atoms with van der Waals surface area (Å²) >= 11 is 11.7. The largest absolute Gasteiger partial charge is 0.342 e. The molecule has 0 bridgehead atoms. The van der Waals surface area contributed by atoms with Crippen molar-refractivity contribution in [2.24, 2.45) is 11.7 Å². The van der Waals surface area contributed by atoms with Gasteiger partial charge in [-0.1, -0.05) is 61.3 Å². The zero-order chi connectivity index (χ0) is 31.3. The van der Waals surface area contributed by atoms with E-state index in [-0.39, 0.29) is 72.4 Å². The molecule has 43 heavy (non-hydrogen) atoms. The Morgan fingerprint density at radius 1 is 1.02 bits per heavy atom. The van der Waals surface area contributed by atoms with E-state index in [0.29, 0.717) is 12.5 Å². The molecule has 2 heterocycles. The number of halogens is 3. The third-order valence-electron chi connectivity index (χ3n) is 8.19. The number of carbonyl (C=O) groups excluding carboxylic acids is 4. The molecule has 4 N–H and O–H groups in total. The van der Waals surface area contributed by atoms with E-state index in [9.17, 15) is 23.6 Å². The number of amides is 4. The summed E-state index contributed by atoms with van der Waals surface area (Å²) in [7, 11) is 0. The average Bonchev–Trinajstić information content (AvgIpc) is 3.50. The SMILES string of the molecule is CC(C)C1CCCN1C(=O)CCC(=O)N1Cc2ccccc2C[C@H]1C(=O)N[C@@H](CCN)C(=O)Nc1ccc(Cl)c(Cl)c1F. The van der Waals surface area contributed by atoms with Crippen LogP contribution in [0.3, 0.4) is 0 Å². The van der Waals surface area contributed by atoms with Crippen LogP contribution in [0.1, 0.15) is 57.1 Å². The van der Waals surface area contributed by atoms with Gasteiger partial charge in [-0.25, -0.2) is 4.39 Å². The number of benzene rings is 2. The fraction of sp³-hybridized carbons (Fsp3) is 0.484. The Morgan fingerprint density at radius 3 is 2.37 bits per heavy atom. The maximum Gasteiger partial charge on any atom is 0.247 e. The van der Waals surface area contributed by atoms with E-state index in [2.05, 4.69) is 24.5 Å². The monoisotopic (exact) mass is 633 g/mol. The molecular formula is C31H38Cl2FN5O4. The van der Waals surface area contributed by atoms with Gasteiger partial charge < -0.3 is 26.2 Å². The Hall–Kier alpha value is -3.21. The quantitative estimate of drug-likeness (QED) is 0.337. The molecule has 2 aromatic carbocycles. The topological polar surface area (TPSA) is 125 Å². The van der Waals surface area contributed by atoms with Gasteiger partial charge in [-0.3, -0.25) is 19.2 Å². The second-order valence-corrected chi connectivity index (χ2v) is 12.2. The predicted octanol–water partition coefficient (Wildman–Crippen LogP) is 4.29. The molecular weight excluding hydrogens is 596 g/mol. The molecule has 2 aliphatic heterocycles. The lowest BCUT2D eigenvalue weighted by atomic mass is 9.92. The van der Waals surface area contributed by atoms with E-state index in [1.165, 1.54) is 17.0 Å². The van der Waals surface area contributed by atoms with Crippen molar-refractivity contribution < 1.29 is 23.6 Å². The number of fused-ring (bicyclic) bond motifs is 1. The van der Waals surface area contributed by atoms with Gasteiger partial charge in [0.2, 0.25) is 23.6 Å². The van der Waals surface area contributed by atoms with Crippen molar-refractivity contribution in [1.29, 1.82) is 0 Å². The minimum absolute atomic E-state index is 0.00631. The van der Waals surface area contributed by atoms with Crippen LogP contribution in [0.15, 0.2) is 36.4 Å². The van der Waals surface area contributed by atoms with Crippen LogP contribution in [-0.2, 0) is 32.1 Å². The van der Waals surface area contributed by atoms with Gasteiger partial charge >= 0.3 is 0 Å². The first kappa shape index (κ1) is 32.7. The molecule has 2 aromatic rings. The van der Waals surface area contributed by atoms with Gasteiger partial charge in [-0.05, 0) is 55.0 Å². The molecule has 0 saturated carbocycles. The second-order valence-electron chi connectivity index (χ2n) is 11.4. The van der Waals surface area contributed by atoms with E-state index in [0.717, 1.165) is 24.0 Å². The minimum Gasteiger partial charge on any atom is -0.342 e. The molecule has 1 unspecified atom stereocenters. The average molecular weight is 635 g/mol. The molecule has 0 radical (unpaired) electrons. The van der Waals surface area contributed by atoms with Crippen molar-refractivity contribution in [1.82, 2.24) is 15.1 Å². The number of rotatable bonds is 10. The third-order valence-corrected chi connectivity index (χ3v) is 8.98. The van der Waals surface area contributed by atoms with Crippen LogP contribution < -0.4 is 16.4 Å². The number of nitrogens with one attached hydrogen (secondary N) is 2. The van der Waals surface area contributed by atoms with Crippen molar-refractivity contribution >= 4 is 52.5 Å². The number of nitrogens with zero attached hydrogens (tertiary/aromatic N) is 2. The van der Waals surface area contributed by atoms with Crippen molar-refractivity contribution in [3.63, 3.8) is 0 Å². The summed E-state index contributed by atoms with van der Waals surface area (Å²) in [5.74, 6) is -2.18. The summed E-state index contributed by atoms with van der Waals surface area (Å²) in [6.07, 6.45) is 2.23. The van der Waals surface area contributed by atoms with E-state index in [1.807, 2.05) is 29.2 Å². The second kappa shape index (κ2) is 14.5. The van der Waals surface area contributed by atoms with Gasteiger partial charge in [0.25, 0.3) is 0 Å². The Balaban J connectivity index is 1.48. The molecule has 1 saturated heterocycles. The highest BCUT2D eigenvalue weighted by atomic mass is 35.5. The molecule has 1 fully saturated rings. The van der Waals surface area contributed by atoms with Gasteiger partial charge in [-0.2, -0.15) is 0 Å².